The molecule has 0 heterocycles. The Hall–Kier alpha value is -4.45. The summed E-state index contributed by atoms with van der Waals surface area (Å²) < 4.78 is 16.9. The van der Waals surface area contributed by atoms with Crippen LogP contribution in [0.2, 0.25) is 0 Å². The standard InChI is InChI=1S/C75H124O6/c1-4-7-10-13-16-19-22-25-27-29-31-33-34-35-36-37-38-39-40-42-43-45-47-50-53-56-59-62-65-68-74(77)80-71-72(70-79-73(76)67-64-61-58-55-52-49-24-21-18-15-12-9-6-3)81-75(78)69-66-63-60-57-54-51-48-46-44-41-32-30-28-26-23-20-17-14-11-8-5-2/h8,11-12,15,17,20-22,24-26,28-29,31-32,34-35,41,46,48,54,57,72H,4-7,9-10,13-14,16,18-19,23,27,30,33,36-40,42-45,47,49-53,55-56,58-71H2,1-3H3/b11-8-,15-12-,20-17-,24-21-,25-22-,28-26-,31-29-,35-34-,41-32-,48-46-,57-54-. The normalized spacial score (nSPS) is 13.0. The minimum absolute atomic E-state index is 0.103. The fourth-order valence-corrected chi connectivity index (χ4v) is 9.08. The predicted octanol–water partition coefficient (Wildman–Crippen LogP) is 23.3. The number of esters is 3. The van der Waals surface area contributed by atoms with Crippen molar-refractivity contribution in [2.75, 3.05) is 13.2 Å². The van der Waals surface area contributed by atoms with E-state index < -0.39 is 6.10 Å². The fraction of sp³-hybridized carbons (Fsp3) is 0.667. The molecule has 0 amide bonds. The fourth-order valence-electron chi connectivity index (χ4n) is 9.08. The Balaban J connectivity index is 4.35. The Morgan fingerprint density at radius 1 is 0.259 bits per heavy atom. The topological polar surface area (TPSA) is 78.9 Å². The van der Waals surface area contributed by atoms with Crippen molar-refractivity contribution < 1.29 is 28.6 Å². The average Bonchev–Trinajstić information content (AvgIpc) is 3.46. The quantitative estimate of drug-likeness (QED) is 0.0261. The first-order valence-corrected chi connectivity index (χ1v) is 33.7. The van der Waals surface area contributed by atoms with Crippen LogP contribution in [0.3, 0.4) is 0 Å². The summed E-state index contributed by atoms with van der Waals surface area (Å²) in [5, 5.41) is 0. The van der Waals surface area contributed by atoms with Crippen molar-refractivity contribution >= 4 is 17.9 Å². The van der Waals surface area contributed by atoms with E-state index in [9.17, 15) is 14.4 Å². The molecule has 1 atom stereocenters. The summed E-state index contributed by atoms with van der Waals surface area (Å²) in [6.45, 7) is 6.41. The summed E-state index contributed by atoms with van der Waals surface area (Å²) in [5.41, 5.74) is 0. The molecule has 1 unspecified atom stereocenters. The number of rotatable bonds is 60. The maximum atomic E-state index is 12.9. The summed E-state index contributed by atoms with van der Waals surface area (Å²) in [4.78, 5) is 38.3. The van der Waals surface area contributed by atoms with Gasteiger partial charge in [0.25, 0.3) is 0 Å². The van der Waals surface area contributed by atoms with E-state index in [0.29, 0.717) is 19.3 Å². The van der Waals surface area contributed by atoms with E-state index in [2.05, 4.69) is 154 Å². The van der Waals surface area contributed by atoms with E-state index in [0.717, 1.165) is 135 Å². The second-order valence-electron chi connectivity index (χ2n) is 22.0. The molecule has 6 heteroatoms. The molecule has 0 fully saturated rings. The average molecular weight is 1120 g/mol. The van der Waals surface area contributed by atoms with Crippen molar-refractivity contribution in [2.45, 2.75) is 309 Å². The van der Waals surface area contributed by atoms with Crippen molar-refractivity contribution in [3.63, 3.8) is 0 Å². The Morgan fingerprint density at radius 2 is 0.506 bits per heavy atom. The molecule has 0 N–H and O–H groups in total. The van der Waals surface area contributed by atoms with Gasteiger partial charge in [0.2, 0.25) is 0 Å². The van der Waals surface area contributed by atoms with Gasteiger partial charge < -0.3 is 14.2 Å². The molecule has 0 aliphatic heterocycles. The number of hydrogen-bond acceptors (Lipinski definition) is 6. The van der Waals surface area contributed by atoms with Gasteiger partial charge in [0.05, 0.1) is 0 Å². The predicted molar refractivity (Wildman–Crippen MR) is 353 cm³/mol. The van der Waals surface area contributed by atoms with Crippen LogP contribution in [0.15, 0.2) is 134 Å². The Bertz CT molecular complexity index is 1720. The lowest BCUT2D eigenvalue weighted by Gasteiger charge is -2.18. The minimum Gasteiger partial charge on any atom is -0.462 e. The van der Waals surface area contributed by atoms with Gasteiger partial charge in [0.15, 0.2) is 6.10 Å². The summed E-state index contributed by atoms with van der Waals surface area (Å²) in [7, 11) is 0. The first-order chi connectivity index (χ1) is 40.0. The van der Waals surface area contributed by atoms with E-state index in [1.165, 1.54) is 122 Å². The van der Waals surface area contributed by atoms with E-state index in [1.54, 1.807) is 0 Å². The van der Waals surface area contributed by atoms with Gasteiger partial charge in [0.1, 0.15) is 13.2 Å². The first kappa shape index (κ1) is 76.5. The van der Waals surface area contributed by atoms with Crippen LogP contribution < -0.4 is 0 Å². The van der Waals surface area contributed by atoms with Crippen LogP contribution in [-0.4, -0.2) is 37.2 Å². The third-order valence-corrected chi connectivity index (χ3v) is 14.1. The molecule has 0 bridgehead atoms. The summed E-state index contributed by atoms with van der Waals surface area (Å²) in [6, 6.07) is 0. The highest BCUT2D eigenvalue weighted by molar-refractivity contribution is 5.71. The zero-order valence-electron chi connectivity index (χ0n) is 52.8. The van der Waals surface area contributed by atoms with Gasteiger partial charge in [-0.1, -0.05) is 283 Å². The molecule has 0 aromatic heterocycles. The zero-order valence-corrected chi connectivity index (χ0v) is 52.8. The molecule has 0 saturated heterocycles. The van der Waals surface area contributed by atoms with Gasteiger partial charge in [-0.3, -0.25) is 14.4 Å². The number of allylic oxidation sites excluding steroid dienone is 22. The van der Waals surface area contributed by atoms with Crippen LogP contribution in [0.25, 0.3) is 0 Å². The molecule has 0 saturated carbocycles. The van der Waals surface area contributed by atoms with Gasteiger partial charge in [-0.15, -0.1) is 0 Å². The van der Waals surface area contributed by atoms with Gasteiger partial charge >= 0.3 is 17.9 Å². The maximum Gasteiger partial charge on any atom is 0.306 e. The molecular weight excluding hydrogens is 997 g/mol. The van der Waals surface area contributed by atoms with Crippen molar-refractivity contribution in [3.05, 3.63) is 134 Å². The second kappa shape index (κ2) is 68.1. The molecule has 0 aliphatic carbocycles. The van der Waals surface area contributed by atoms with Crippen LogP contribution >= 0.6 is 0 Å². The minimum atomic E-state index is -0.813. The van der Waals surface area contributed by atoms with Crippen LogP contribution in [0, 0.1) is 0 Å². The van der Waals surface area contributed by atoms with E-state index in [1.807, 2.05) is 0 Å². The highest BCUT2D eigenvalue weighted by Gasteiger charge is 2.19. The molecule has 0 aromatic carbocycles. The zero-order chi connectivity index (χ0) is 58.5. The lowest BCUT2D eigenvalue weighted by Crippen LogP contribution is -2.30. The summed E-state index contributed by atoms with van der Waals surface area (Å²) in [5.74, 6) is -0.959. The number of unbranched alkanes of at least 4 members (excludes halogenated alkanes) is 27. The molecule has 81 heavy (non-hydrogen) atoms. The lowest BCUT2D eigenvalue weighted by molar-refractivity contribution is -0.167. The van der Waals surface area contributed by atoms with Gasteiger partial charge in [-0.2, -0.15) is 0 Å². The third-order valence-electron chi connectivity index (χ3n) is 14.1. The van der Waals surface area contributed by atoms with E-state index in [4.69, 9.17) is 14.2 Å². The molecule has 0 radical (unpaired) electrons. The Morgan fingerprint density at radius 3 is 0.827 bits per heavy atom. The Labute approximate surface area is 500 Å². The molecule has 0 aliphatic rings. The summed E-state index contributed by atoms with van der Waals surface area (Å²) in [6.07, 6.45) is 96.2. The Kier molecular flexibility index (Phi) is 64.3. The van der Waals surface area contributed by atoms with Gasteiger partial charge in [-0.05, 0) is 135 Å². The van der Waals surface area contributed by atoms with Gasteiger partial charge in [0, 0.05) is 19.3 Å². The molecule has 0 spiro atoms. The van der Waals surface area contributed by atoms with Crippen molar-refractivity contribution in [1.82, 2.24) is 0 Å². The molecule has 0 aromatic rings. The van der Waals surface area contributed by atoms with E-state index in [-0.39, 0.29) is 37.5 Å². The van der Waals surface area contributed by atoms with Crippen molar-refractivity contribution in [1.29, 1.82) is 0 Å². The largest absolute Gasteiger partial charge is 0.462 e. The second-order valence-corrected chi connectivity index (χ2v) is 22.0. The van der Waals surface area contributed by atoms with Crippen molar-refractivity contribution in [2.24, 2.45) is 0 Å². The van der Waals surface area contributed by atoms with Gasteiger partial charge in [-0.25, -0.2) is 0 Å². The van der Waals surface area contributed by atoms with Crippen molar-refractivity contribution in [3.8, 4) is 0 Å². The molecule has 460 valence electrons. The highest BCUT2D eigenvalue weighted by Crippen LogP contribution is 2.16. The van der Waals surface area contributed by atoms with E-state index >= 15 is 0 Å². The lowest BCUT2D eigenvalue weighted by atomic mass is 10.0. The van der Waals surface area contributed by atoms with Crippen LogP contribution in [0.1, 0.15) is 303 Å². The molecular formula is C75H124O6. The molecule has 6 nitrogen and oxygen atoms in total. The monoisotopic (exact) mass is 1120 g/mol. The number of carbonyl (C=O) groups excluding carboxylic acids is 3. The number of hydrogen-bond donors (Lipinski definition) is 0. The highest BCUT2D eigenvalue weighted by atomic mass is 16.6. The number of ether oxygens (including phenoxy) is 3. The number of carbonyl (C=O) groups is 3. The maximum absolute atomic E-state index is 12.9. The molecule has 0 rings (SSSR count). The SMILES string of the molecule is CC/C=C\C/C=C\C/C=C\C/C=C\C/C=C\C/C=C\CCCCC(=O)OC(COC(=O)CCCCCCC/C=C\C/C=C\CCC)COC(=O)CCCCCCCCCCCCCCCC/C=C\C/C=C\C/C=C\CCCCCCC. The smallest absolute Gasteiger partial charge is 0.306 e. The third kappa shape index (κ3) is 66.2. The van der Waals surface area contributed by atoms with Crippen LogP contribution in [-0.2, 0) is 28.6 Å². The first-order valence-electron chi connectivity index (χ1n) is 33.7. The van der Waals surface area contributed by atoms with Crippen LogP contribution in [0.4, 0.5) is 0 Å². The summed E-state index contributed by atoms with van der Waals surface area (Å²) >= 11 is 0. The van der Waals surface area contributed by atoms with Crippen LogP contribution in [0.5, 0.6) is 0 Å².